The molecule has 0 aliphatic carbocycles. The first-order valence-corrected chi connectivity index (χ1v) is 5.67. The van der Waals surface area contributed by atoms with Gasteiger partial charge in [0.2, 0.25) is 0 Å². The SMILES string of the molecule is CC(O)CN1CC(C)Cc2ccccc21. The lowest BCUT2D eigenvalue weighted by Gasteiger charge is -2.35. The van der Waals surface area contributed by atoms with Crippen LogP contribution in [0.15, 0.2) is 24.3 Å². The van der Waals surface area contributed by atoms with Gasteiger partial charge in [0.05, 0.1) is 6.10 Å². The summed E-state index contributed by atoms with van der Waals surface area (Å²) in [4.78, 5) is 2.30. The Bertz CT molecular complexity index is 335. The summed E-state index contributed by atoms with van der Waals surface area (Å²) in [6, 6.07) is 8.52. The molecule has 0 bridgehead atoms. The predicted molar refractivity (Wildman–Crippen MR) is 63.2 cm³/mol. The molecule has 0 amide bonds. The van der Waals surface area contributed by atoms with E-state index >= 15 is 0 Å². The number of aliphatic hydroxyl groups excluding tert-OH is 1. The maximum atomic E-state index is 9.47. The molecule has 15 heavy (non-hydrogen) atoms. The van der Waals surface area contributed by atoms with Crippen LogP contribution < -0.4 is 4.90 Å². The molecule has 82 valence electrons. The molecule has 1 aromatic carbocycles. The van der Waals surface area contributed by atoms with Crippen molar-refractivity contribution in [2.75, 3.05) is 18.0 Å². The van der Waals surface area contributed by atoms with E-state index in [0.717, 1.165) is 19.5 Å². The Hall–Kier alpha value is -1.02. The average molecular weight is 205 g/mol. The minimum Gasteiger partial charge on any atom is -0.392 e. The van der Waals surface area contributed by atoms with Gasteiger partial charge >= 0.3 is 0 Å². The van der Waals surface area contributed by atoms with E-state index in [0.29, 0.717) is 5.92 Å². The maximum absolute atomic E-state index is 9.47. The highest BCUT2D eigenvalue weighted by atomic mass is 16.3. The third-order valence-electron chi connectivity index (χ3n) is 2.92. The number of hydrogen-bond donors (Lipinski definition) is 1. The number of fused-ring (bicyclic) bond motifs is 1. The van der Waals surface area contributed by atoms with Crippen molar-refractivity contribution < 1.29 is 5.11 Å². The van der Waals surface area contributed by atoms with Gasteiger partial charge in [-0.15, -0.1) is 0 Å². The molecule has 0 spiro atoms. The van der Waals surface area contributed by atoms with Crippen LogP contribution in [0.5, 0.6) is 0 Å². The molecule has 2 heteroatoms. The fourth-order valence-electron chi connectivity index (χ4n) is 2.40. The fourth-order valence-corrected chi connectivity index (χ4v) is 2.40. The number of rotatable bonds is 2. The van der Waals surface area contributed by atoms with E-state index in [4.69, 9.17) is 0 Å². The largest absolute Gasteiger partial charge is 0.392 e. The van der Waals surface area contributed by atoms with Crippen LogP contribution in [0.2, 0.25) is 0 Å². The van der Waals surface area contributed by atoms with Crippen molar-refractivity contribution in [3.63, 3.8) is 0 Å². The number of benzene rings is 1. The highest BCUT2D eigenvalue weighted by molar-refractivity contribution is 5.55. The summed E-state index contributed by atoms with van der Waals surface area (Å²) in [7, 11) is 0. The van der Waals surface area contributed by atoms with E-state index in [-0.39, 0.29) is 6.10 Å². The van der Waals surface area contributed by atoms with E-state index in [1.165, 1.54) is 11.3 Å². The summed E-state index contributed by atoms with van der Waals surface area (Å²) in [5, 5.41) is 9.47. The zero-order valence-electron chi connectivity index (χ0n) is 9.48. The van der Waals surface area contributed by atoms with Gasteiger partial charge < -0.3 is 10.0 Å². The lowest BCUT2D eigenvalue weighted by molar-refractivity contribution is 0.198. The molecule has 0 saturated carbocycles. The predicted octanol–water partition coefficient (Wildman–Crippen LogP) is 2.07. The van der Waals surface area contributed by atoms with E-state index in [9.17, 15) is 5.11 Å². The number of aliphatic hydroxyl groups is 1. The van der Waals surface area contributed by atoms with Crippen molar-refractivity contribution in [1.29, 1.82) is 0 Å². The molecule has 2 nitrogen and oxygen atoms in total. The molecule has 1 aliphatic rings. The second kappa shape index (κ2) is 4.23. The van der Waals surface area contributed by atoms with Gasteiger partial charge in [0.25, 0.3) is 0 Å². The van der Waals surface area contributed by atoms with Crippen molar-refractivity contribution in [3.8, 4) is 0 Å². The number of nitrogens with zero attached hydrogens (tertiary/aromatic N) is 1. The molecular weight excluding hydrogens is 186 g/mol. The third-order valence-corrected chi connectivity index (χ3v) is 2.92. The molecule has 2 unspecified atom stereocenters. The third kappa shape index (κ3) is 2.32. The van der Waals surface area contributed by atoms with E-state index < -0.39 is 0 Å². The maximum Gasteiger partial charge on any atom is 0.0687 e. The Morgan fingerprint density at radius 3 is 2.93 bits per heavy atom. The lowest BCUT2D eigenvalue weighted by Crippen LogP contribution is -2.38. The van der Waals surface area contributed by atoms with Gasteiger partial charge in [-0.1, -0.05) is 25.1 Å². The minimum absolute atomic E-state index is 0.261. The van der Waals surface area contributed by atoms with Gasteiger partial charge in [0.15, 0.2) is 0 Å². The van der Waals surface area contributed by atoms with Crippen LogP contribution >= 0.6 is 0 Å². The van der Waals surface area contributed by atoms with Gasteiger partial charge in [-0.2, -0.15) is 0 Å². The standard InChI is InChI=1S/C13H19NO/c1-10-7-12-5-3-4-6-13(12)14(8-10)9-11(2)15/h3-6,10-11,15H,7-9H2,1-2H3. The summed E-state index contributed by atoms with van der Waals surface area (Å²) in [5.74, 6) is 0.679. The molecule has 0 saturated heterocycles. The van der Waals surface area contributed by atoms with Crippen molar-refractivity contribution >= 4 is 5.69 Å². The summed E-state index contributed by atoms with van der Waals surface area (Å²) in [6.45, 7) is 5.91. The smallest absolute Gasteiger partial charge is 0.0687 e. The quantitative estimate of drug-likeness (QED) is 0.799. The first-order chi connectivity index (χ1) is 7.16. The molecule has 1 N–H and O–H groups in total. The second-order valence-electron chi connectivity index (χ2n) is 4.69. The van der Waals surface area contributed by atoms with Crippen LogP contribution in [0.3, 0.4) is 0 Å². The molecule has 1 heterocycles. The average Bonchev–Trinajstić information content (AvgIpc) is 2.16. The van der Waals surface area contributed by atoms with Crippen molar-refractivity contribution in [3.05, 3.63) is 29.8 Å². The summed E-state index contributed by atoms with van der Waals surface area (Å²) >= 11 is 0. The molecule has 2 atom stereocenters. The molecule has 0 aromatic heterocycles. The topological polar surface area (TPSA) is 23.5 Å². The van der Waals surface area contributed by atoms with Crippen LogP contribution in [0.1, 0.15) is 19.4 Å². The van der Waals surface area contributed by atoms with Crippen molar-refractivity contribution in [2.24, 2.45) is 5.92 Å². The van der Waals surface area contributed by atoms with Crippen LogP contribution in [0.25, 0.3) is 0 Å². The molecule has 0 fully saturated rings. The number of anilines is 1. The highest BCUT2D eigenvalue weighted by Crippen LogP contribution is 2.29. The number of β-amino-alcohol motifs (C(OH)–C–C–N with tert-alkyl or cyclic N) is 1. The Morgan fingerprint density at radius 1 is 1.47 bits per heavy atom. The van der Waals surface area contributed by atoms with Crippen LogP contribution in [0.4, 0.5) is 5.69 Å². The van der Waals surface area contributed by atoms with Crippen LogP contribution in [-0.2, 0) is 6.42 Å². The molecule has 0 radical (unpaired) electrons. The van der Waals surface area contributed by atoms with Gasteiger partial charge in [-0.3, -0.25) is 0 Å². The summed E-state index contributed by atoms with van der Waals surface area (Å²) < 4.78 is 0. The summed E-state index contributed by atoms with van der Waals surface area (Å²) in [5.41, 5.74) is 2.72. The monoisotopic (exact) mass is 205 g/mol. The molecule has 1 aliphatic heterocycles. The Kier molecular flexibility index (Phi) is 2.96. The van der Waals surface area contributed by atoms with Crippen LogP contribution in [0, 0.1) is 5.92 Å². The molecule has 1 aromatic rings. The first-order valence-electron chi connectivity index (χ1n) is 5.67. The van der Waals surface area contributed by atoms with E-state index in [1.807, 2.05) is 6.92 Å². The highest BCUT2D eigenvalue weighted by Gasteiger charge is 2.21. The lowest BCUT2D eigenvalue weighted by atomic mass is 9.94. The minimum atomic E-state index is -0.261. The van der Waals surface area contributed by atoms with Gasteiger partial charge in [-0.25, -0.2) is 0 Å². The fraction of sp³-hybridized carbons (Fsp3) is 0.538. The summed E-state index contributed by atoms with van der Waals surface area (Å²) in [6.07, 6.45) is 0.898. The van der Waals surface area contributed by atoms with Crippen LogP contribution in [-0.4, -0.2) is 24.3 Å². The Morgan fingerprint density at radius 2 is 2.20 bits per heavy atom. The van der Waals surface area contributed by atoms with E-state index in [2.05, 4.69) is 36.1 Å². The van der Waals surface area contributed by atoms with E-state index in [1.54, 1.807) is 0 Å². The first kappa shape index (κ1) is 10.5. The second-order valence-corrected chi connectivity index (χ2v) is 4.69. The normalized spacial score (nSPS) is 22.3. The zero-order valence-corrected chi connectivity index (χ0v) is 9.48. The molecular formula is C13H19NO. The van der Waals surface area contributed by atoms with Gasteiger partial charge in [0.1, 0.15) is 0 Å². The number of para-hydroxylation sites is 1. The Balaban J connectivity index is 2.26. The number of hydrogen-bond acceptors (Lipinski definition) is 2. The Labute approximate surface area is 91.5 Å². The van der Waals surface area contributed by atoms with Gasteiger partial charge in [0, 0.05) is 18.8 Å². The van der Waals surface area contributed by atoms with Crippen molar-refractivity contribution in [1.82, 2.24) is 0 Å². The van der Waals surface area contributed by atoms with Gasteiger partial charge in [-0.05, 0) is 30.9 Å². The van der Waals surface area contributed by atoms with Crippen molar-refractivity contribution in [2.45, 2.75) is 26.4 Å². The molecule has 2 rings (SSSR count). The zero-order chi connectivity index (χ0) is 10.8.